The zero-order valence-corrected chi connectivity index (χ0v) is 19.6. The molecule has 1 aromatic carbocycles. The first kappa shape index (κ1) is 24.7. The van der Waals surface area contributed by atoms with Gasteiger partial charge in [0.1, 0.15) is 5.83 Å². The maximum atomic E-state index is 13.7. The van der Waals surface area contributed by atoms with Crippen molar-refractivity contribution in [3.05, 3.63) is 59.6 Å². The summed E-state index contributed by atoms with van der Waals surface area (Å²) < 4.78 is 13.7. The smallest absolute Gasteiger partial charge is 0.271 e. The predicted molar refractivity (Wildman–Crippen MR) is 132 cm³/mol. The molecule has 0 bridgehead atoms. The van der Waals surface area contributed by atoms with Crippen molar-refractivity contribution in [1.82, 2.24) is 15.1 Å². The number of halogens is 1. The summed E-state index contributed by atoms with van der Waals surface area (Å²) in [7, 11) is 0. The van der Waals surface area contributed by atoms with Crippen LogP contribution in [0.25, 0.3) is 0 Å². The number of carbonyl (C=O) groups is 2. The lowest BCUT2D eigenvalue weighted by atomic mass is 10.2. The Morgan fingerprint density at radius 2 is 1.79 bits per heavy atom. The van der Waals surface area contributed by atoms with Crippen LogP contribution in [0.15, 0.2) is 53.9 Å². The van der Waals surface area contributed by atoms with E-state index in [4.69, 9.17) is 5.73 Å². The zero-order chi connectivity index (χ0) is 24.7. The van der Waals surface area contributed by atoms with Gasteiger partial charge in [0.15, 0.2) is 11.5 Å². The van der Waals surface area contributed by atoms with E-state index in [1.54, 1.807) is 32.1 Å². The third-order valence-electron chi connectivity index (χ3n) is 5.54. The van der Waals surface area contributed by atoms with Crippen LogP contribution in [0.2, 0.25) is 0 Å². The van der Waals surface area contributed by atoms with Crippen molar-refractivity contribution < 1.29 is 14.0 Å². The molecule has 1 aliphatic heterocycles. The van der Waals surface area contributed by atoms with Gasteiger partial charge in [-0.1, -0.05) is 12.2 Å². The van der Waals surface area contributed by atoms with Crippen LogP contribution in [0.5, 0.6) is 0 Å². The Kier molecular flexibility index (Phi) is 8.18. The molecule has 1 aliphatic rings. The number of anilines is 4. The quantitative estimate of drug-likeness (QED) is 0.511. The molecular formula is C24H30FN7O2. The number of nitrogens with two attached hydrogens (primary N) is 1. The molecule has 4 N–H and O–H groups in total. The van der Waals surface area contributed by atoms with Crippen molar-refractivity contribution in [3.8, 4) is 0 Å². The normalized spacial score (nSPS) is 14.7. The van der Waals surface area contributed by atoms with Crippen molar-refractivity contribution in [1.29, 1.82) is 0 Å². The van der Waals surface area contributed by atoms with Gasteiger partial charge in [-0.05, 0) is 38.1 Å². The van der Waals surface area contributed by atoms with Gasteiger partial charge in [-0.15, -0.1) is 10.2 Å². The maximum Gasteiger partial charge on any atom is 0.271 e. The van der Waals surface area contributed by atoms with Gasteiger partial charge in [-0.3, -0.25) is 9.59 Å². The van der Waals surface area contributed by atoms with Gasteiger partial charge < -0.3 is 26.2 Å². The van der Waals surface area contributed by atoms with E-state index >= 15 is 0 Å². The minimum Gasteiger partial charge on any atom is -0.379 e. The van der Waals surface area contributed by atoms with E-state index < -0.39 is 5.91 Å². The van der Waals surface area contributed by atoms with E-state index in [0.29, 0.717) is 30.2 Å². The van der Waals surface area contributed by atoms with E-state index in [2.05, 4.69) is 25.7 Å². The number of aromatic nitrogens is 2. The maximum absolute atomic E-state index is 13.7. The molecule has 34 heavy (non-hydrogen) atoms. The SMILES string of the molecule is CC=CC(CNc1cc(Nc2ccc(N3CCN(C(C)=O)CC3)cc2)nnc1C(N)=O)=C(C)F. The van der Waals surface area contributed by atoms with Gasteiger partial charge in [0.25, 0.3) is 5.91 Å². The summed E-state index contributed by atoms with van der Waals surface area (Å²) in [6, 6.07) is 9.44. The average molecular weight is 468 g/mol. The summed E-state index contributed by atoms with van der Waals surface area (Å²) in [5, 5.41) is 14.2. The van der Waals surface area contributed by atoms with Crippen LogP contribution in [0.4, 0.5) is 27.3 Å². The standard InChI is InChI=1S/C24H30FN7O2/c1-4-5-18(16(2)25)15-27-21-14-22(29-30-23(21)24(26)34)28-19-6-8-20(9-7-19)32-12-10-31(11-13-32)17(3)33/h4-9,14H,10-13,15H2,1-3H3,(H2,26,34)(H2,27,28,29). The molecule has 0 unspecified atom stereocenters. The Balaban J connectivity index is 1.70. The van der Waals surface area contributed by atoms with Gasteiger partial charge in [0, 0.05) is 62.7 Å². The Hall–Kier alpha value is -3.95. The average Bonchev–Trinajstić information content (AvgIpc) is 2.82. The predicted octanol–water partition coefficient (Wildman–Crippen LogP) is 3.22. The number of carbonyl (C=O) groups excluding carboxylic acids is 2. The second-order valence-corrected chi connectivity index (χ2v) is 7.93. The third-order valence-corrected chi connectivity index (χ3v) is 5.54. The van der Waals surface area contributed by atoms with E-state index in [0.717, 1.165) is 24.5 Å². The highest BCUT2D eigenvalue weighted by atomic mass is 19.1. The van der Waals surface area contributed by atoms with Crippen LogP contribution in [0.3, 0.4) is 0 Å². The molecule has 1 aromatic heterocycles. The molecule has 1 saturated heterocycles. The summed E-state index contributed by atoms with van der Waals surface area (Å²) in [5.74, 6) is -0.548. The first-order valence-corrected chi connectivity index (χ1v) is 11.1. The van der Waals surface area contributed by atoms with Gasteiger partial charge in [0.2, 0.25) is 5.91 Å². The van der Waals surface area contributed by atoms with Crippen molar-refractivity contribution in [2.75, 3.05) is 48.3 Å². The van der Waals surface area contributed by atoms with Crippen LogP contribution in [0, 0.1) is 0 Å². The molecule has 3 rings (SSSR count). The lowest BCUT2D eigenvalue weighted by molar-refractivity contribution is -0.129. The lowest BCUT2D eigenvalue weighted by Gasteiger charge is -2.35. The van der Waals surface area contributed by atoms with Crippen molar-refractivity contribution >= 4 is 34.7 Å². The highest BCUT2D eigenvalue weighted by Crippen LogP contribution is 2.24. The molecule has 2 heterocycles. The number of hydrogen-bond acceptors (Lipinski definition) is 7. The number of rotatable bonds is 8. The molecular weight excluding hydrogens is 437 g/mol. The Morgan fingerprint density at radius 1 is 1.12 bits per heavy atom. The Morgan fingerprint density at radius 3 is 2.35 bits per heavy atom. The Bertz CT molecular complexity index is 1090. The second-order valence-electron chi connectivity index (χ2n) is 7.93. The minimum absolute atomic E-state index is 0.0260. The summed E-state index contributed by atoms with van der Waals surface area (Å²) in [6.07, 6.45) is 3.39. The fraction of sp³-hybridized carbons (Fsp3) is 0.333. The summed E-state index contributed by atoms with van der Waals surface area (Å²) in [6.45, 7) is 7.90. The summed E-state index contributed by atoms with van der Waals surface area (Å²) >= 11 is 0. The number of nitrogens with one attached hydrogen (secondary N) is 2. The number of benzene rings is 1. The van der Waals surface area contributed by atoms with Gasteiger partial charge in [-0.25, -0.2) is 4.39 Å². The zero-order valence-electron chi connectivity index (χ0n) is 19.6. The molecule has 1 fully saturated rings. The number of nitrogens with zero attached hydrogens (tertiary/aromatic N) is 4. The van der Waals surface area contributed by atoms with Gasteiger partial charge in [-0.2, -0.15) is 0 Å². The molecule has 180 valence electrons. The van der Waals surface area contributed by atoms with Crippen molar-refractivity contribution in [2.24, 2.45) is 5.73 Å². The minimum atomic E-state index is -0.732. The van der Waals surface area contributed by atoms with Crippen molar-refractivity contribution in [2.45, 2.75) is 20.8 Å². The van der Waals surface area contributed by atoms with Crippen LogP contribution < -0.4 is 21.3 Å². The van der Waals surface area contributed by atoms with E-state index in [1.807, 2.05) is 29.2 Å². The molecule has 0 atom stereocenters. The topological polar surface area (TPSA) is 116 Å². The van der Waals surface area contributed by atoms with Crippen molar-refractivity contribution in [3.63, 3.8) is 0 Å². The molecule has 0 spiro atoms. The van der Waals surface area contributed by atoms with Gasteiger partial charge >= 0.3 is 0 Å². The first-order chi connectivity index (χ1) is 16.3. The number of hydrogen-bond donors (Lipinski definition) is 3. The molecule has 10 heteroatoms. The van der Waals surface area contributed by atoms with Crippen LogP contribution in [-0.4, -0.2) is 59.6 Å². The van der Waals surface area contributed by atoms with Crippen LogP contribution in [-0.2, 0) is 4.79 Å². The summed E-state index contributed by atoms with van der Waals surface area (Å²) in [5.41, 5.74) is 8.05. The third kappa shape index (κ3) is 6.31. The molecule has 2 aromatic rings. The highest BCUT2D eigenvalue weighted by molar-refractivity contribution is 5.96. The summed E-state index contributed by atoms with van der Waals surface area (Å²) in [4.78, 5) is 27.4. The largest absolute Gasteiger partial charge is 0.379 e. The van der Waals surface area contributed by atoms with E-state index in [9.17, 15) is 14.0 Å². The molecule has 0 saturated carbocycles. The molecule has 0 radical (unpaired) electrons. The van der Waals surface area contributed by atoms with E-state index in [1.165, 1.54) is 6.92 Å². The first-order valence-electron chi connectivity index (χ1n) is 11.1. The molecule has 2 amide bonds. The fourth-order valence-corrected chi connectivity index (χ4v) is 3.64. The van der Waals surface area contributed by atoms with E-state index in [-0.39, 0.29) is 24.0 Å². The number of amides is 2. The number of allylic oxidation sites excluding steroid dienone is 2. The second kappa shape index (κ2) is 11.3. The molecule has 9 nitrogen and oxygen atoms in total. The number of piperazine rings is 1. The number of primary amides is 1. The highest BCUT2D eigenvalue weighted by Gasteiger charge is 2.19. The lowest BCUT2D eigenvalue weighted by Crippen LogP contribution is -2.48. The van der Waals surface area contributed by atoms with Crippen LogP contribution >= 0.6 is 0 Å². The van der Waals surface area contributed by atoms with Gasteiger partial charge in [0.05, 0.1) is 5.69 Å². The molecule has 0 aliphatic carbocycles. The Labute approximate surface area is 198 Å². The monoisotopic (exact) mass is 467 g/mol. The van der Waals surface area contributed by atoms with Crippen LogP contribution in [0.1, 0.15) is 31.3 Å². The fourth-order valence-electron chi connectivity index (χ4n) is 3.64.